The molecule has 4 N–H and O–H groups in total. The standard InChI is InChI=1S/C24H22FN5O/c1-2-27-24(31)18-7-6-17(13-19(18)25)22-10-8-20(26)23(30-22)29-14-15-5-9-21-16(12-15)4-3-11-28-21/h3-13H,2,14,26H2,1H3,(H,27,31)(H,29,30). The maximum absolute atomic E-state index is 14.5. The number of nitrogen functional groups attached to an aromatic ring is 1. The van der Waals surface area contributed by atoms with Gasteiger partial charge in [0.25, 0.3) is 5.91 Å². The SMILES string of the molecule is CCNC(=O)c1ccc(-c2ccc(N)c(NCc3ccc4ncccc4c3)n2)cc1F. The molecule has 0 fully saturated rings. The zero-order valence-electron chi connectivity index (χ0n) is 17.0. The number of hydrogen-bond donors (Lipinski definition) is 3. The topological polar surface area (TPSA) is 92.9 Å². The molecule has 156 valence electrons. The summed E-state index contributed by atoms with van der Waals surface area (Å²) in [5.74, 6) is -0.525. The molecule has 4 rings (SSSR count). The third-order valence-corrected chi connectivity index (χ3v) is 4.90. The van der Waals surface area contributed by atoms with Crippen LogP contribution in [0.25, 0.3) is 22.2 Å². The van der Waals surface area contributed by atoms with Crippen LogP contribution in [-0.4, -0.2) is 22.4 Å². The lowest BCUT2D eigenvalue weighted by Crippen LogP contribution is -2.23. The lowest BCUT2D eigenvalue weighted by molar-refractivity contribution is 0.0952. The predicted molar refractivity (Wildman–Crippen MR) is 121 cm³/mol. The third-order valence-electron chi connectivity index (χ3n) is 4.90. The summed E-state index contributed by atoms with van der Waals surface area (Å²) in [6, 6.07) is 17.8. The molecule has 0 aliphatic heterocycles. The van der Waals surface area contributed by atoms with Crippen molar-refractivity contribution >= 4 is 28.3 Å². The van der Waals surface area contributed by atoms with Crippen molar-refractivity contribution in [3.63, 3.8) is 0 Å². The van der Waals surface area contributed by atoms with Gasteiger partial charge in [0.05, 0.1) is 22.5 Å². The molecule has 2 aromatic heterocycles. The van der Waals surface area contributed by atoms with Crippen molar-refractivity contribution in [3.05, 3.63) is 83.8 Å². The first-order chi connectivity index (χ1) is 15.0. The van der Waals surface area contributed by atoms with Gasteiger partial charge in [0.1, 0.15) is 11.6 Å². The Kier molecular flexibility index (Phi) is 5.75. The van der Waals surface area contributed by atoms with Gasteiger partial charge in [-0.25, -0.2) is 9.37 Å². The van der Waals surface area contributed by atoms with E-state index in [2.05, 4.69) is 26.7 Å². The monoisotopic (exact) mass is 415 g/mol. The molecule has 0 saturated carbocycles. The number of nitrogens with zero attached hydrogens (tertiary/aromatic N) is 2. The average molecular weight is 415 g/mol. The molecule has 0 radical (unpaired) electrons. The number of nitrogens with one attached hydrogen (secondary N) is 2. The maximum Gasteiger partial charge on any atom is 0.254 e. The average Bonchev–Trinajstić information content (AvgIpc) is 2.78. The van der Waals surface area contributed by atoms with Crippen LogP contribution in [-0.2, 0) is 6.54 Å². The highest BCUT2D eigenvalue weighted by molar-refractivity contribution is 5.95. The highest BCUT2D eigenvalue weighted by atomic mass is 19.1. The molecule has 0 spiro atoms. The van der Waals surface area contributed by atoms with Gasteiger partial charge in [-0.3, -0.25) is 9.78 Å². The molecule has 1 amide bonds. The minimum atomic E-state index is -0.596. The number of benzene rings is 2. The van der Waals surface area contributed by atoms with Crippen LogP contribution in [0.15, 0.2) is 66.9 Å². The minimum Gasteiger partial charge on any atom is -0.396 e. The van der Waals surface area contributed by atoms with Crippen LogP contribution in [0.3, 0.4) is 0 Å². The maximum atomic E-state index is 14.5. The third kappa shape index (κ3) is 4.45. The van der Waals surface area contributed by atoms with Crippen molar-refractivity contribution in [2.24, 2.45) is 0 Å². The van der Waals surface area contributed by atoms with Crippen LogP contribution in [0, 0.1) is 5.82 Å². The normalized spacial score (nSPS) is 10.8. The van der Waals surface area contributed by atoms with Crippen molar-refractivity contribution in [1.29, 1.82) is 0 Å². The predicted octanol–water partition coefficient (Wildman–Crippen LogP) is 4.38. The van der Waals surface area contributed by atoms with E-state index in [0.717, 1.165) is 16.5 Å². The molecule has 0 saturated heterocycles. The molecule has 31 heavy (non-hydrogen) atoms. The summed E-state index contributed by atoms with van der Waals surface area (Å²) in [5.41, 5.74) is 9.69. The van der Waals surface area contributed by atoms with E-state index in [1.54, 1.807) is 31.3 Å². The lowest BCUT2D eigenvalue weighted by atomic mass is 10.1. The van der Waals surface area contributed by atoms with Gasteiger partial charge in [-0.15, -0.1) is 0 Å². The van der Waals surface area contributed by atoms with Crippen molar-refractivity contribution in [2.45, 2.75) is 13.5 Å². The first kappa shape index (κ1) is 20.3. The lowest BCUT2D eigenvalue weighted by Gasteiger charge is -2.12. The molecular weight excluding hydrogens is 393 g/mol. The zero-order valence-corrected chi connectivity index (χ0v) is 17.0. The fraction of sp³-hybridized carbons (Fsp3) is 0.125. The van der Waals surface area contributed by atoms with Gasteiger partial charge < -0.3 is 16.4 Å². The van der Waals surface area contributed by atoms with E-state index < -0.39 is 11.7 Å². The Morgan fingerprint density at radius 2 is 1.97 bits per heavy atom. The summed E-state index contributed by atoms with van der Waals surface area (Å²) in [5, 5.41) is 6.90. The van der Waals surface area contributed by atoms with Gasteiger partial charge in [-0.1, -0.05) is 18.2 Å². The summed E-state index contributed by atoms with van der Waals surface area (Å²) in [7, 11) is 0. The first-order valence-electron chi connectivity index (χ1n) is 9.97. The van der Waals surface area contributed by atoms with E-state index in [0.29, 0.717) is 35.9 Å². The van der Waals surface area contributed by atoms with Crippen molar-refractivity contribution in [1.82, 2.24) is 15.3 Å². The van der Waals surface area contributed by atoms with Crippen molar-refractivity contribution in [3.8, 4) is 11.3 Å². The number of anilines is 2. The van der Waals surface area contributed by atoms with Crippen LogP contribution in [0.5, 0.6) is 0 Å². The highest BCUT2D eigenvalue weighted by Crippen LogP contribution is 2.25. The molecule has 2 heterocycles. The van der Waals surface area contributed by atoms with Crippen LogP contribution in [0.4, 0.5) is 15.9 Å². The van der Waals surface area contributed by atoms with Crippen LogP contribution in [0.2, 0.25) is 0 Å². The Morgan fingerprint density at radius 3 is 2.77 bits per heavy atom. The molecule has 4 aromatic rings. The number of amides is 1. The minimum absolute atomic E-state index is 0.00480. The number of halogens is 1. The van der Waals surface area contributed by atoms with E-state index in [9.17, 15) is 9.18 Å². The Labute approximate surface area is 179 Å². The fourth-order valence-corrected chi connectivity index (χ4v) is 3.31. The second-order valence-corrected chi connectivity index (χ2v) is 7.07. The van der Waals surface area contributed by atoms with Gasteiger partial charge in [0, 0.05) is 30.2 Å². The summed E-state index contributed by atoms with van der Waals surface area (Å²) < 4.78 is 14.5. The van der Waals surface area contributed by atoms with Gasteiger partial charge >= 0.3 is 0 Å². The Morgan fingerprint density at radius 1 is 1.10 bits per heavy atom. The molecule has 7 heteroatoms. The van der Waals surface area contributed by atoms with E-state index in [1.807, 2.05) is 24.3 Å². The van der Waals surface area contributed by atoms with Crippen LogP contribution >= 0.6 is 0 Å². The molecule has 2 aromatic carbocycles. The number of hydrogen-bond acceptors (Lipinski definition) is 5. The molecule has 0 atom stereocenters. The first-order valence-corrected chi connectivity index (χ1v) is 9.97. The molecule has 6 nitrogen and oxygen atoms in total. The fourth-order valence-electron chi connectivity index (χ4n) is 3.31. The van der Waals surface area contributed by atoms with Crippen molar-refractivity contribution < 1.29 is 9.18 Å². The largest absolute Gasteiger partial charge is 0.396 e. The molecule has 0 bridgehead atoms. The summed E-state index contributed by atoms with van der Waals surface area (Å²) >= 11 is 0. The number of carbonyl (C=O) groups excluding carboxylic acids is 1. The Hall–Kier alpha value is -4.00. The number of carbonyl (C=O) groups is 1. The van der Waals surface area contributed by atoms with Gasteiger partial charge in [0.15, 0.2) is 0 Å². The molecule has 0 aliphatic carbocycles. The van der Waals surface area contributed by atoms with Crippen molar-refractivity contribution in [2.75, 3.05) is 17.6 Å². The zero-order chi connectivity index (χ0) is 21.8. The molecule has 0 unspecified atom stereocenters. The second-order valence-electron chi connectivity index (χ2n) is 7.07. The summed E-state index contributed by atoms with van der Waals surface area (Å²) in [6.45, 7) is 2.74. The number of fused-ring (bicyclic) bond motifs is 1. The van der Waals surface area contributed by atoms with E-state index in [-0.39, 0.29) is 5.56 Å². The van der Waals surface area contributed by atoms with E-state index in [1.165, 1.54) is 12.1 Å². The number of rotatable bonds is 6. The molecule has 0 aliphatic rings. The van der Waals surface area contributed by atoms with E-state index in [4.69, 9.17) is 5.73 Å². The summed E-state index contributed by atoms with van der Waals surface area (Å²) in [6.07, 6.45) is 1.77. The molecular formula is C24H22FN5O. The van der Waals surface area contributed by atoms with E-state index >= 15 is 0 Å². The number of nitrogens with two attached hydrogens (primary N) is 1. The highest BCUT2D eigenvalue weighted by Gasteiger charge is 2.13. The van der Waals surface area contributed by atoms with Gasteiger partial charge in [-0.05, 0) is 55.0 Å². The van der Waals surface area contributed by atoms with Crippen LogP contribution in [0.1, 0.15) is 22.8 Å². The number of pyridine rings is 2. The van der Waals surface area contributed by atoms with Crippen LogP contribution < -0.4 is 16.4 Å². The van der Waals surface area contributed by atoms with Gasteiger partial charge in [0.2, 0.25) is 0 Å². The second kappa shape index (κ2) is 8.79. The summed E-state index contributed by atoms with van der Waals surface area (Å²) in [4.78, 5) is 20.8. The smallest absolute Gasteiger partial charge is 0.254 e. The Bertz CT molecular complexity index is 1260. The quantitative estimate of drug-likeness (QED) is 0.435. The Balaban J connectivity index is 1.55. The number of aromatic nitrogens is 2. The van der Waals surface area contributed by atoms with Gasteiger partial charge in [-0.2, -0.15) is 0 Å².